The number of rotatable bonds is 3. The van der Waals surface area contributed by atoms with Crippen LogP contribution < -0.4 is 0 Å². The monoisotopic (exact) mass is 221 g/mol. The van der Waals surface area contributed by atoms with E-state index in [1.54, 1.807) is 0 Å². The van der Waals surface area contributed by atoms with E-state index in [1.807, 2.05) is 0 Å². The van der Waals surface area contributed by atoms with Crippen molar-refractivity contribution in [3.63, 3.8) is 0 Å². The Bertz CT molecular complexity index is 177. The SMILES string of the molecule is CC1CCCC(C)N1CCC(=O)O.Cl. The highest BCUT2D eigenvalue weighted by Crippen LogP contribution is 2.22. The Labute approximate surface area is 91.9 Å². The molecule has 0 amide bonds. The van der Waals surface area contributed by atoms with Gasteiger partial charge in [0.25, 0.3) is 0 Å². The minimum Gasteiger partial charge on any atom is -0.481 e. The Morgan fingerprint density at radius 2 is 1.86 bits per heavy atom. The molecule has 1 saturated heterocycles. The van der Waals surface area contributed by atoms with Crippen molar-refractivity contribution in [3.8, 4) is 0 Å². The molecule has 0 aromatic carbocycles. The van der Waals surface area contributed by atoms with Gasteiger partial charge < -0.3 is 5.11 Å². The molecule has 0 aromatic rings. The molecule has 1 N–H and O–H groups in total. The van der Waals surface area contributed by atoms with Crippen LogP contribution in [0.15, 0.2) is 0 Å². The third-order valence-corrected chi connectivity index (χ3v) is 2.96. The normalized spacial score (nSPS) is 28.1. The molecule has 2 unspecified atom stereocenters. The topological polar surface area (TPSA) is 40.5 Å². The molecule has 0 aromatic heterocycles. The van der Waals surface area contributed by atoms with Gasteiger partial charge >= 0.3 is 5.97 Å². The average Bonchev–Trinajstić information content (AvgIpc) is 2.03. The van der Waals surface area contributed by atoms with Gasteiger partial charge in [-0.05, 0) is 26.7 Å². The van der Waals surface area contributed by atoms with Gasteiger partial charge in [-0.1, -0.05) is 6.42 Å². The van der Waals surface area contributed by atoms with Gasteiger partial charge in [-0.15, -0.1) is 12.4 Å². The zero-order valence-corrected chi connectivity index (χ0v) is 9.72. The number of aliphatic carboxylic acids is 1. The Hall–Kier alpha value is -0.280. The highest BCUT2D eigenvalue weighted by molar-refractivity contribution is 5.85. The fourth-order valence-corrected chi connectivity index (χ4v) is 2.14. The second kappa shape index (κ2) is 6.25. The van der Waals surface area contributed by atoms with Gasteiger partial charge in [-0.25, -0.2) is 0 Å². The summed E-state index contributed by atoms with van der Waals surface area (Å²) in [5.41, 5.74) is 0. The fourth-order valence-electron chi connectivity index (χ4n) is 2.14. The van der Waals surface area contributed by atoms with Crippen LogP contribution in [0.5, 0.6) is 0 Å². The first-order chi connectivity index (χ1) is 6.11. The second-order valence-corrected chi connectivity index (χ2v) is 4.01. The smallest absolute Gasteiger partial charge is 0.304 e. The molecule has 0 aliphatic carbocycles. The summed E-state index contributed by atoms with van der Waals surface area (Å²) in [6, 6.07) is 1.12. The molecule has 0 bridgehead atoms. The van der Waals surface area contributed by atoms with E-state index in [0.29, 0.717) is 18.6 Å². The Kier molecular flexibility index (Phi) is 6.12. The molecule has 0 saturated carbocycles. The van der Waals surface area contributed by atoms with Gasteiger partial charge in [0.1, 0.15) is 0 Å². The van der Waals surface area contributed by atoms with Crippen molar-refractivity contribution in [1.29, 1.82) is 0 Å². The lowest BCUT2D eigenvalue weighted by atomic mass is 9.97. The molecule has 1 heterocycles. The molecule has 0 radical (unpaired) electrons. The van der Waals surface area contributed by atoms with E-state index in [9.17, 15) is 4.79 Å². The molecule has 1 aliphatic heterocycles. The average molecular weight is 222 g/mol. The number of nitrogens with zero attached hydrogens (tertiary/aromatic N) is 1. The van der Waals surface area contributed by atoms with Crippen LogP contribution in [0.4, 0.5) is 0 Å². The molecule has 3 nitrogen and oxygen atoms in total. The van der Waals surface area contributed by atoms with Crippen LogP contribution in [-0.2, 0) is 4.79 Å². The molecule has 0 spiro atoms. The quantitative estimate of drug-likeness (QED) is 0.794. The number of likely N-dealkylation sites (tertiary alicyclic amines) is 1. The maximum atomic E-state index is 10.4. The van der Waals surface area contributed by atoms with Crippen LogP contribution in [0, 0.1) is 0 Å². The summed E-state index contributed by atoms with van der Waals surface area (Å²) in [4.78, 5) is 12.7. The first-order valence-electron chi connectivity index (χ1n) is 5.09. The van der Waals surface area contributed by atoms with Gasteiger partial charge in [0.05, 0.1) is 6.42 Å². The van der Waals surface area contributed by atoms with Crippen molar-refractivity contribution < 1.29 is 9.90 Å². The lowest BCUT2D eigenvalue weighted by Gasteiger charge is -2.38. The third-order valence-electron chi connectivity index (χ3n) is 2.96. The van der Waals surface area contributed by atoms with Crippen LogP contribution in [0.2, 0.25) is 0 Å². The van der Waals surface area contributed by atoms with Crippen LogP contribution in [-0.4, -0.2) is 34.6 Å². The van der Waals surface area contributed by atoms with Crippen molar-refractivity contribution >= 4 is 18.4 Å². The minimum absolute atomic E-state index is 0. The zero-order chi connectivity index (χ0) is 9.84. The van der Waals surface area contributed by atoms with Crippen molar-refractivity contribution in [2.45, 2.75) is 51.6 Å². The second-order valence-electron chi connectivity index (χ2n) is 4.01. The summed E-state index contributed by atoms with van der Waals surface area (Å²) < 4.78 is 0. The first kappa shape index (κ1) is 13.7. The molecule has 1 aliphatic rings. The maximum absolute atomic E-state index is 10.4. The lowest BCUT2D eigenvalue weighted by Crippen LogP contribution is -2.44. The number of carboxylic acid groups (broad SMARTS) is 1. The number of carbonyl (C=O) groups is 1. The summed E-state index contributed by atoms with van der Waals surface area (Å²) in [7, 11) is 0. The molecular weight excluding hydrogens is 202 g/mol. The zero-order valence-electron chi connectivity index (χ0n) is 8.90. The van der Waals surface area contributed by atoms with Crippen molar-refractivity contribution in [3.05, 3.63) is 0 Å². The van der Waals surface area contributed by atoms with Crippen LogP contribution >= 0.6 is 12.4 Å². The number of hydrogen-bond donors (Lipinski definition) is 1. The lowest BCUT2D eigenvalue weighted by molar-refractivity contribution is -0.137. The standard InChI is InChI=1S/C10H19NO2.ClH/c1-8-4-3-5-9(2)11(8)7-6-10(12)13;/h8-9H,3-7H2,1-2H3,(H,12,13);1H. The molecule has 2 atom stereocenters. The van der Waals surface area contributed by atoms with Gasteiger partial charge in [-0.3, -0.25) is 9.69 Å². The van der Waals surface area contributed by atoms with Gasteiger partial charge in [-0.2, -0.15) is 0 Å². The summed E-state index contributed by atoms with van der Waals surface area (Å²) in [6.07, 6.45) is 3.98. The van der Waals surface area contributed by atoms with E-state index in [2.05, 4.69) is 18.7 Å². The van der Waals surface area contributed by atoms with Gasteiger partial charge in [0, 0.05) is 18.6 Å². The van der Waals surface area contributed by atoms with E-state index < -0.39 is 5.97 Å². The Morgan fingerprint density at radius 1 is 1.36 bits per heavy atom. The summed E-state index contributed by atoms with van der Waals surface area (Å²) >= 11 is 0. The number of piperidine rings is 1. The molecule has 4 heteroatoms. The number of hydrogen-bond acceptors (Lipinski definition) is 2. The third kappa shape index (κ3) is 3.84. The van der Waals surface area contributed by atoms with E-state index in [0.717, 1.165) is 0 Å². The van der Waals surface area contributed by atoms with E-state index in [4.69, 9.17) is 5.11 Å². The van der Waals surface area contributed by atoms with Crippen molar-refractivity contribution in [2.75, 3.05) is 6.54 Å². The number of carboxylic acids is 1. The van der Waals surface area contributed by atoms with E-state index >= 15 is 0 Å². The molecular formula is C10H20ClNO2. The van der Waals surface area contributed by atoms with Gasteiger partial charge in [0.15, 0.2) is 0 Å². The summed E-state index contributed by atoms with van der Waals surface area (Å²) in [6.45, 7) is 5.09. The van der Waals surface area contributed by atoms with Crippen molar-refractivity contribution in [1.82, 2.24) is 4.90 Å². The molecule has 14 heavy (non-hydrogen) atoms. The predicted molar refractivity (Wildman–Crippen MR) is 59.0 cm³/mol. The number of halogens is 1. The first-order valence-corrected chi connectivity index (χ1v) is 5.09. The largest absolute Gasteiger partial charge is 0.481 e. The molecule has 1 fully saturated rings. The molecule has 1 rings (SSSR count). The highest BCUT2D eigenvalue weighted by Gasteiger charge is 2.24. The summed E-state index contributed by atoms with van der Waals surface area (Å²) in [5.74, 6) is -0.690. The highest BCUT2D eigenvalue weighted by atomic mass is 35.5. The van der Waals surface area contributed by atoms with Crippen LogP contribution in [0.1, 0.15) is 39.5 Å². The minimum atomic E-state index is -0.690. The van der Waals surface area contributed by atoms with Crippen molar-refractivity contribution in [2.24, 2.45) is 0 Å². The van der Waals surface area contributed by atoms with Crippen LogP contribution in [0.25, 0.3) is 0 Å². The van der Waals surface area contributed by atoms with E-state index in [-0.39, 0.29) is 18.8 Å². The van der Waals surface area contributed by atoms with E-state index in [1.165, 1.54) is 19.3 Å². The molecule has 84 valence electrons. The fraction of sp³-hybridized carbons (Fsp3) is 0.900. The summed E-state index contributed by atoms with van der Waals surface area (Å²) in [5, 5.41) is 8.59. The predicted octanol–water partition coefficient (Wildman–Crippen LogP) is 2.15. The Balaban J connectivity index is 0.00000169. The van der Waals surface area contributed by atoms with Gasteiger partial charge in [0.2, 0.25) is 0 Å². The van der Waals surface area contributed by atoms with Crippen LogP contribution in [0.3, 0.4) is 0 Å². The Morgan fingerprint density at radius 3 is 2.29 bits per heavy atom. The maximum Gasteiger partial charge on any atom is 0.304 e.